The lowest BCUT2D eigenvalue weighted by molar-refractivity contribution is -0.203. The number of aliphatic hydroxyl groups is 1. The van der Waals surface area contributed by atoms with E-state index in [0.717, 1.165) is 12.1 Å². The zero-order valence-electron chi connectivity index (χ0n) is 7.35. The topological polar surface area (TPSA) is 20.2 Å². The molecule has 1 aromatic rings. The third kappa shape index (κ3) is 3.46. The average Bonchev–Trinajstić information content (AvgIpc) is 2.09. The van der Waals surface area contributed by atoms with Gasteiger partial charge in [0, 0.05) is 10.9 Å². The van der Waals surface area contributed by atoms with Crippen LogP contribution in [0.25, 0.3) is 0 Å². The maximum Gasteiger partial charge on any atom is 0.414 e. The minimum absolute atomic E-state index is 0.0832. The monoisotopic (exact) mass is 286 g/mol. The molecule has 0 aliphatic heterocycles. The van der Waals surface area contributed by atoms with Crippen molar-refractivity contribution in [1.29, 1.82) is 0 Å². The van der Waals surface area contributed by atoms with Crippen molar-refractivity contribution in [2.45, 2.75) is 18.7 Å². The summed E-state index contributed by atoms with van der Waals surface area (Å²) in [5.41, 5.74) is 0.0832. The van der Waals surface area contributed by atoms with Gasteiger partial charge in [0.25, 0.3) is 0 Å². The van der Waals surface area contributed by atoms with Gasteiger partial charge in [0.15, 0.2) is 6.10 Å². The van der Waals surface area contributed by atoms with Gasteiger partial charge in [-0.3, -0.25) is 0 Å². The van der Waals surface area contributed by atoms with Gasteiger partial charge in [-0.05, 0) is 23.8 Å². The molecule has 0 spiro atoms. The summed E-state index contributed by atoms with van der Waals surface area (Å²) in [7, 11) is 0. The Morgan fingerprint density at radius 1 is 1.33 bits per heavy atom. The van der Waals surface area contributed by atoms with Crippen LogP contribution in [0.1, 0.15) is 5.56 Å². The molecule has 6 heteroatoms. The molecule has 0 aromatic heterocycles. The van der Waals surface area contributed by atoms with Crippen molar-refractivity contribution in [1.82, 2.24) is 0 Å². The van der Waals surface area contributed by atoms with Gasteiger partial charge in [0.1, 0.15) is 5.82 Å². The number of halogens is 5. The first-order chi connectivity index (χ1) is 6.80. The predicted octanol–water partition coefficient (Wildman–Crippen LogP) is 3.05. The Kier molecular flexibility index (Phi) is 3.72. The first kappa shape index (κ1) is 12.4. The Bertz CT molecular complexity index is 350. The highest BCUT2D eigenvalue weighted by atomic mass is 79.9. The van der Waals surface area contributed by atoms with E-state index in [1.165, 1.54) is 6.07 Å². The summed E-state index contributed by atoms with van der Waals surface area (Å²) in [6.45, 7) is 0. The SMILES string of the molecule is O[C@@H](Cc1cc(F)ccc1Br)C(F)(F)F. The van der Waals surface area contributed by atoms with Gasteiger partial charge in [0.2, 0.25) is 0 Å². The van der Waals surface area contributed by atoms with Gasteiger partial charge >= 0.3 is 6.18 Å². The summed E-state index contributed by atoms with van der Waals surface area (Å²) in [6.07, 6.45) is -7.83. The number of rotatable bonds is 2. The molecule has 0 fully saturated rings. The van der Waals surface area contributed by atoms with Crippen LogP contribution in [0.4, 0.5) is 17.6 Å². The van der Waals surface area contributed by atoms with Crippen molar-refractivity contribution >= 4 is 15.9 Å². The molecule has 0 amide bonds. The first-order valence-electron chi connectivity index (χ1n) is 3.99. The number of alkyl halides is 3. The lowest BCUT2D eigenvalue weighted by atomic mass is 10.1. The second-order valence-corrected chi connectivity index (χ2v) is 3.85. The van der Waals surface area contributed by atoms with Crippen LogP contribution in [0.5, 0.6) is 0 Å². The van der Waals surface area contributed by atoms with Crippen molar-refractivity contribution < 1.29 is 22.7 Å². The van der Waals surface area contributed by atoms with Gasteiger partial charge in [0.05, 0.1) is 0 Å². The van der Waals surface area contributed by atoms with E-state index in [0.29, 0.717) is 4.47 Å². The molecule has 0 unspecified atom stereocenters. The zero-order valence-corrected chi connectivity index (χ0v) is 8.94. The predicted molar refractivity (Wildman–Crippen MR) is 49.9 cm³/mol. The molecule has 15 heavy (non-hydrogen) atoms. The van der Waals surface area contributed by atoms with Crippen LogP contribution in [-0.2, 0) is 6.42 Å². The van der Waals surface area contributed by atoms with Gasteiger partial charge in [-0.2, -0.15) is 13.2 Å². The molecule has 0 heterocycles. The third-order valence-corrected chi connectivity index (χ3v) is 2.57. The van der Waals surface area contributed by atoms with Crippen molar-refractivity contribution in [2.24, 2.45) is 0 Å². The summed E-state index contributed by atoms with van der Waals surface area (Å²) < 4.78 is 49.1. The lowest BCUT2D eigenvalue weighted by Gasteiger charge is -2.15. The average molecular weight is 287 g/mol. The van der Waals surface area contributed by atoms with Crippen LogP contribution >= 0.6 is 15.9 Å². The maximum atomic E-state index is 12.7. The van der Waals surface area contributed by atoms with E-state index in [-0.39, 0.29) is 5.56 Å². The highest BCUT2D eigenvalue weighted by Crippen LogP contribution is 2.26. The summed E-state index contributed by atoms with van der Waals surface area (Å²) in [6, 6.07) is 3.38. The van der Waals surface area contributed by atoms with Crippen molar-refractivity contribution in [2.75, 3.05) is 0 Å². The zero-order chi connectivity index (χ0) is 11.6. The molecule has 0 saturated heterocycles. The highest BCUT2D eigenvalue weighted by molar-refractivity contribution is 9.10. The summed E-state index contributed by atoms with van der Waals surface area (Å²) in [5.74, 6) is -0.637. The first-order valence-corrected chi connectivity index (χ1v) is 4.78. The van der Waals surface area contributed by atoms with E-state index >= 15 is 0 Å². The van der Waals surface area contributed by atoms with Crippen LogP contribution < -0.4 is 0 Å². The van der Waals surface area contributed by atoms with E-state index in [9.17, 15) is 17.6 Å². The number of hydrogen-bond donors (Lipinski definition) is 1. The van der Waals surface area contributed by atoms with Gasteiger partial charge < -0.3 is 5.11 Å². The normalized spacial score (nSPS) is 14.0. The second-order valence-electron chi connectivity index (χ2n) is 3.00. The van der Waals surface area contributed by atoms with Crippen molar-refractivity contribution in [3.05, 3.63) is 34.1 Å². The van der Waals surface area contributed by atoms with Gasteiger partial charge in [-0.15, -0.1) is 0 Å². The quantitative estimate of drug-likeness (QED) is 0.829. The summed E-state index contributed by atoms with van der Waals surface area (Å²) in [5, 5.41) is 8.79. The molecule has 1 rings (SSSR count). The molecule has 0 bridgehead atoms. The molecule has 84 valence electrons. The Morgan fingerprint density at radius 2 is 1.93 bits per heavy atom. The van der Waals surface area contributed by atoms with Crippen LogP contribution in [0, 0.1) is 5.82 Å². The van der Waals surface area contributed by atoms with Crippen LogP contribution in [0.15, 0.2) is 22.7 Å². The standard InChI is InChI=1S/C9H7BrF4O/c10-7-2-1-6(11)3-5(7)4-8(15)9(12,13)14/h1-3,8,15H,4H2/t8-/m0/s1. The molecule has 1 nitrogen and oxygen atoms in total. The van der Waals surface area contributed by atoms with Crippen molar-refractivity contribution in [3.8, 4) is 0 Å². The largest absolute Gasteiger partial charge is 0.414 e. The fourth-order valence-corrected chi connectivity index (χ4v) is 1.43. The Morgan fingerprint density at radius 3 is 2.47 bits per heavy atom. The van der Waals surface area contributed by atoms with Gasteiger partial charge in [-0.25, -0.2) is 4.39 Å². The lowest BCUT2D eigenvalue weighted by Crippen LogP contribution is -2.30. The van der Waals surface area contributed by atoms with E-state index < -0.39 is 24.5 Å². The van der Waals surface area contributed by atoms with Crippen LogP contribution in [0.3, 0.4) is 0 Å². The van der Waals surface area contributed by atoms with Crippen LogP contribution in [0.2, 0.25) is 0 Å². The van der Waals surface area contributed by atoms with E-state index in [1.54, 1.807) is 0 Å². The number of benzene rings is 1. The fourth-order valence-electron chi connectivity index (χ4n) is 1.02. The molecule has 0 radical (unpaired) electrons. The second kappa shape index (κ2) is 4.49. The Balaban J connectivity index is 2.85. The minimum Gasteiger partial charge on any atom is -0.383 e. The van der Waals surface area contributed by atoms with E-state index in [2.05, 4.69) is 15.9 Å². The maximum absolute atomic E-state index is 12.7. The number of aliphatic hydroxyl groups excluding tert-OH is 1. The molecular formula is C9H7BrF4O. The fraction of sp³-hybridized carbons (Fsp3) is 0.333. The molecule has 1 atom stereocenters. The van der Waals surface area contributed by atoms with Gasteiger partial charge in [-0.1, -0.05) is 15.9 Å². The van der Waals surface area contributed by atoms with Crippen molar-refractivity contribution in [3.63, 3.8) is 0 Å². The molecule has 1 aromatic carbocycles. The van der Waals surface area contributed by atoms with E-state index in [4.69, 9.17) is 5.11 Å². The number of hydrogen-bond acceptors (Lipinski definition) is 1. The molecule has 0 aliphatic rings. The molecule has 0 aliphatic carbocycles. The Hall–Kier alpha value is -0.620. The van der Waals surface area contributed by atoms with Crippen LogP contribution in [-0.4, -0.2) is 17.4 Å². The molecule has 1 N–H and O–H groups in total. The summed E-state index contributed by atoms with van der Waals surface area (Å²) >= 11 is 2.98. The minimum atomic E-state index is -4.69. The molecular weight excluding hydrogens is 280 g/mol. The van der Waals surface area contributed by atoms with E-state index in [1.807, 2.05) is 0 Å². The molecule has 0 saturated carbocycles. The smallest absolute Gasteiger partial charge is 0.383 e. The Labute approximate surface area is 91.9 Å². The summed E-state index contributed by atoms with van der Waals surface area (Å²) in [4.78, 5) is 0. The highest BCUT2D eigenvalue weighted by Gasteiger charge is 2.38. The third-order valence-electron chi connectivity index (χ3n) is 1.80.